The quantitative estimate of drug-likeness (QED) is 0.457. The van der Waals surface area contributed by atoms with Gasteiger partial charge in [-0.1, -0.05) is 0 Å². The van der Waals surface area contributed by atoms with E-state index >= 15 is 0 Å². The first kappa shape index (κ1) is 23.5. The molecule has 0 N–H and O–H groups in total. The van der Waals surface area contributed by atoms with Gasteiger partial charge in [-0.25, -0.2) is 8.42 Å². The average molecular weight is 463 g/mol. The van der Waals surface area contributed by atoms with Gasteiger partial charge in [-0.05, 0) is 44.2 Å². The van der Waals surface area contributed by atoms with Crippen molar-refractivity contribution in [3.63, 3.8) is 0 Å². The lowest BCUT2D eigenvalue weighted by molar-refractivity contribution is -0.384. The Kier molecular flexibility index (Phi) is 7.02. The molecular formula is C22H26N2O7S. The lowest BCUT2D eigenvalue weighted by Crippen LogP contribution is -2.42. The molecule has 0 saturated carbocycles. The predicted molar refractivity (Wildman–Crippen MR) is 118 cm³/mol. The molecule has 1 heterocycles. The topological polar surface area (TPSA) is 116 Å². The maximum atomic E-state index is 13.2. The summed E-state index contributed by atoms with van der Waals surface area (Å²) in [5.41, 5.74) is 0.213. The van der Waals surface area contributed by atoms with Crippen LogP contribution in [0.1, 0.15) is 37.0 Å². The van der Waals surface area contributed by atoms with Gasteiger partial charge in [-0.3, -0.25) is 14.9 Å². The molecule has 0 bridgehead atoms. The van der Waals surface area contributed by atoms with Crippen LogP contribution in [0.3, 0.4) is 0 Å². The Labute approximate surface area is 187 Å². The third-order valence-corrected chi connectivity index (χ3v) is 6.16. The second-order valence-electron chi connectivity index (χ2n) is 7.96. The fraction of sp³-hybridized carbons (Fsp3) is 0.409. The van der Waals surface area contributed by atoms with Crippen LogP contribution in [0.2, 0.25) is 0 Å². The van der Waals surface area contributed by atoms with Gasteiger partial charge >= 0.3 is 0 Å². The average Bonchev–Trinajstić information content (AvgIpc) is 2.73. The van der Waals surface area contributed by atoms with E-state index in [1.807, 2.05) is 13.8 Å². The fourth-order valence-corrected chi connectivity index (χ4v) is 4.10. The number of sulfone groups is 1. The summed E-state index contributed by atoms with van der Waals surface area (Å²) in [6.07, 6.45) is 1.95. The third kappa shape index (κ3) is 5.76. The fourth-order valence-electron chi connectivity index (χ4n) is 3.45. The van der Waals surface area contributed by atoms with E-state index in [0.717, 1.165) is 6.26 Å². The van der Waals surface area contributed by atoms with Crippen molar-refractivity contribution in [3.8, 4) is 11.5 Å². The number of benzene rings is 2. The standard InChI is InChI=1S/C22H26N2O7S/c1-15(2)30-21-9-8-19(32(3,28)29)14-20(21)22(25)23-12-10-18(11-13-23)31-17-6-4-16(5-7-17)24(26)27/h4-9,14-15,18H,10-13H2,1-3H3. The van der Waals surface area contributed by atoms with Crippen molar-refractivity contribution in [2.45, 2.75) is 43.8 Å². The van der Waals surface area contributed by atoms with Gasteiger partial charge < -0.3 is 14.4 Å². The van der Waals surface area contributed by atoms with E-state index in [2.05, 4.69) is 0 Å². The Morgan fingerprint density at radius 1 is 1.12 bits per heavy atom. The summed E-state index contributed by atoms with van der Waals surface area (Å²) >= 11 is 0. The van der Waals surface area contributed by atoms with Gasteiger partial charge in [0.05, 0.1) is 21.5 Å². The summed E-state index contributed by atoms with van der Waals surface area (Å²) in [4.78, 5) is 25.2. The molecule has 0 radical (unpaired) electrons. The zero-order valence-electron chi connectivity index (χ0n) is 18.2. The molecule has 32 heavy (non-hydrogen) atoms. The number of non-ortho nitro benzene ring substituents is 1. The van der Waals surface area contributed by atoms with Gasteiger partial charge in [0.2, 0.25) is 0 Å². The monoisotopic (exact) mass is 462 g/mol. The Morgan fingerprint density at radius 2 is 1.75 bits per heavy atom. The first-order chi connectivity index (χ1) is 15.0. The Hall–Kier alpha value is -3.14. The van der Waals surface area contributed by atoms with Gasteiger partial charge in [0.1, 0.15) is 17.6 Å². The number of nitro groups is 1. The zero-order valence-corrected chi connectivity index (χ0v) is 19.0. The van der Waals surface area contributed by atoms with Crippen molar-refractivity contribution in [2.75, 3.05) is 19.3 Å². The van der Waals surface area contributed by atoms with E-state index in [0.29, 0.717) is 37.4 Å². The number of hydrogen-bond donors (Lipinski definition) is 0. The van der Waals surface area contributed by atoms with Gasteiger partial charge in [0.15, 0.2) is 9.84 Å². The van der Waals surface area contributed by atoms with E-state index in [9.17, 15) is 23.3 Å². The number of amides is 1. The molecule has 2 aromatic carbocycles. The van der Waals surface area contributed by atoms with Crippen molar-refractivity contribution >= 4 is 21.4 Å². The van der Waals surface area contributed by atoms with Crippen LogP contribution in [0, 0.1) is 10.1 Å². The molecule has 0 aliphatic carbocycles. The lowest BCUT2D eigenvalue weighted by Gasteiger charge is -2.32. The first-order valence-corrected chi connectivity index (χ1v) is 12.1. The molecule has 10 heteroatoms. The summed E-state index contributed by atoms with van der Waals surface area (Å²) in [6.45, 7) is 4.53. The lowest BCUT2D eigenvalue weighted by atomic mass is 10.1. The summed E-state index contributed by atoms with van der Waals surface area (Å²) in [5, 5.41) is 10.8. The number of piperidine rings is 1. The van der Waals surface area contributed by atoms with Crippen LogP contribution in [0.4, 0.5) is 5.69 Å². The molecule has 1 fully saturated rings. The molecule has 1 amide bonds. The van der Waals surface area contributed by atoms with Crippen molar-refractivity contribution < 1.29 is 27.6 Å². The normalized spacial score (nSPS) is 14.9. The first-order valence-electron chi connectivity index (χ1n) is 10.3. The number of likely N-dealkylation sites (tertiary alicyclic amines) is 1. The highest BCUT2D eigenvalue weighted by molar-refractivity contribution is 7.90. The van der Waals surface area contributed by atoms with E-state index in [-0.39, 0.29) is 34.3 Å². The third-order valence-electron chi connectivity index (χ3n) is 5.05. The Balaban J connectivity index is 1.69. The van der Waals surface area contributed by atoms with Gasteiger partial charge in [-0.15, -0.1) is 0 Å². The van der Waals surface area contributed by atoms with Gasteiger partial charge in [0.25, 0.3) is 11.6 Å². The molecule has 3 rings (SSSR count). The van der Waals surface area contributed by atoms with Crippen LogP contribution >= 0.6 is 0 Å². The van der Waals surface area contributed by atoms with Crippen LogP contribution in [-0.2, 0) is 9.84 Å². The molecule has 172 valence electrons. The van der Waals surface area contributed by atoms with Crippen molar-refractivity contribution in [2.24, 2.45) is 0 Å². The minimum atomic E-state index is -3.48. The minimum absolute atomic E-state index is 0.00601. The Morgan fingerprint density at radius 3 is 2.28 bits per heavy atom. The molecule has 0 atom stereocenters. The Bertz CT molecular complexity index is 1090. The molecule has 0 spiro atoms. The molecule has 9 nitrogen and oxygen atoms in total. The summed E-state index contributed by atoms with van der Waals surface area (Å²) in [7, 11) is -3.48. The number of nitrogens with zero attached hydrogens (tertiary/aromatic N) is 2. The highest BCUT2D eigenvalue weighted by atomic mass is 32.2. The van der Waals surface area contributed by atoms with E-state index < -0.39 is 14.8 Å². The number of nitro benzene ring substituents is 1. The summed E-state index contributed by atoms with van der Waals surface area (Å²) in [5.74, 6) is 0.593. The summed E-state index contributed by atoms with van der Waals surface area (Å²) < 4.78 is 35.6. The minimum Gasteiger partial charge on any atom is -0.490 e. The zero-order chi connectivity index (χ0) is 23.5. The van der Waals surface area contributed by atoms with Crippen molar-refractivity contribution in [1.82, 2.24) is 4.90 Å². The van der Waals surface area contributed by atoms with Crippen LogP contribution in [0.15, 0.2) is 47.4 Å². The SMILES string of the molecule is CC(C)Oc1ccc(S(C)(=O)=O)cc1C(=O)N1CCC(Oc2ccc([N+](=O)[O-])cc2)CC1. The number of ether oxygens (including phenoxy) is 2. The predicted octanol–water partition coefficient (Wildman–Crippen LogP) is 3.47. The van der Waals surface area contributed by atoms with E-state index in [1.165, 1.54) is 30.3 Å². The van der Waals surface area contributed by atoms with Crippen LogP contribution in [-0.4, -0.2) is 55.7 Å². The molecule has 0 unspecified atom stereocenters. The number of carbonyl (C=O) groups is 1. The molecule has 1 aliphatic rings. The molecule has 2 aromatic rings. The molecule has 1 saturated heterocycles. The maximum Gasteiger partial charge on any atom is 0.269 e. The molecule has 0 aromatic heterocycles. The van der Waals surface area contributed by atoms with Crippen molar-refractivity contribution in [1.29, 1.82) is 0 Å². The second-order valence-corrected chi connectivity index (χ2v) is 9.97. The smallest absolute Gasteiger partial charge is 0.269 e. The van der Waals surface area contributed by atoms with Gasteiger partial charge in [-0.2, -0.15) is 0 Å². The van der Waals surface area contributed by atoms with Crippen LogP contribution in [0.5, 0.6) is 11.5 Å². The number of rotatable bonds is 7. The number of carbonyl (C=O) groups excluding carboxylic acids is 1. The van der Waals surface area contributed by atoms with Crippen LogP contribution in [0.25, 0.3) is 0 Å². The van der Waals surface area contributed by atoms with Crippen LogP contribution < -0.4 is 9.47 Å². The highest BCUT2D eigenvalue weighted by Gasteiger charge is 2.28. The largest absolute Gasteiger partial charge is 0.490 e. The maximum absolute atomic E-state index is 13.2. The second kappa shape index (κ2) is 9.56. The highest BCUT2D eigenvalue weighted by Crippen LogP contribution is 2.28. The summed E-state index contributed by atoms with van der Waals surface area (Å²) in [6, 6.07) is 10.2. The molecular weight excluding hydrogens is 436 g/mol. The van der Waals surface area contributed by atoms with E-state index in [1.54, 1.807) is 17.0 Å². The molecule has 1 aliphatic heterocycles. The van der Waals surface area contributed by atoms with Crippen molar-refractivity contribution in [3.05, 3.63) is 58.1 Å². The van der Waals surface area contributed by atoms with Gasteiger partial charge in [0, 0.05) is 44.3 Å². The van der Waals surface area contributed by atoms with E-state index in [4.69, 9.17) is 9.47 Å². The number of hydrogen-bond acceptors (Lipinski definition) is 7.